The summed E-state index contributed by atoms with van der Waals surface area (Å²) in [6.45, 7) is 3.64. The summed E-state index contributed by atoms with van der Waals surface area (Å²) in [4.78, 5) is 1.07. The van der Waals surface area contributed by atoms with Crippen LogP contribution in [-0.2, 0) is 4.74 Å². The average Bonchev–Trinajstić information content (AvgIpc) is 2.41. The van der Waals surface area contributed by atoms with Crippen LogP contribution < -0.4 is 5.73 Å². The van der Waals surface area contributed by atoms with Crippen LogP contribution in [0, 0.1) is 6.92 Å². The summed E-state index contributed by atoms with van der Waals surface area (Å²) < 4.78 is 5.35. The molecule has 1 heterocycles. The Morgan fingerprint density at radius 3 is 2.83 bits per heavy atom. The van der Waals surface area contributed by atoms with Gasteiger partial charge in [-0.05, 0) is 31.9 Å². The van der Waals surface area contributed by atoms with Crippen LogP contribution in [0.5, 0.6) is 0 Å². The molecule has 98 valence electrons. The molecule has 0 amide bonds. The fourth-order valence-corrected chi connectivity index (χ4v) is 3.20. The standard InChI is InChI=1S/C13H18N2O2S/c1-9-2-3-12(11(8-9)13(14)15-16)18-10-4-6-17-7-5-10/h2-3,8,10,16H,4-7H2,1H3,(H2,14,15). The average molecular weight is 266 g/mol. The topological polar surface area (TPSA) is 67.8 Å². The Labute approximate surface area is 111 Å². The zero-order valence-electron chi connectivity index (χ0n) is 10.4. The monoisotopic (exact) mass is 266 g/mol. The molecule has 18 heavy (non-hydrogen) atoms. The van der Waals surface area contributed by atoms with Crippen LogP contribution in [-0.4, -0.2) is 29.5 Å². The minimum atomic E-state index is 0.174. The summed E-state index contributed by atoms with van der Waals surface area (Å²) >= 11 is 1.79. The summed E-state index contributed by atoms with van der Waals surface area (Å²) in [6.07, 6.45) is 2.10. The van der Waals surface area contributed by atoms with Crippen LogP contribution in [0.3, 0.4) is 0 Å². The van der Waals surface area contributed by atoms with E-state index in [1.54, 1.807) is 11.8 Å². The molecular formula is C13H18N2O2S. The number of ether oxygens (including phenoxy) is 1. The number of hydrogen-bond donors (Lipinski definition) is 2. The molecular weight excluding hydrogens is 248 g/mol. The summed E-state index contributed by atoms with van der Waals surface area (Å²) in [5.41, 5.74) is 7.65. The molecule has 0 atom stereocenters. The van der Waals surface area contributed by atoms with Crippen molar-refractivity contribution in [3.63, 3.8) is 0 Å². The van der Waals surface area contributed by atoms with E-state index in [-0.39, 0.29) is 5.84 Å². The molecule has 1 fully saturated rings. The van der Waals surface area contributed by atoms with Crippen molar-refractivity contribution in [3.05, 3.63) is 29.3 Å². The first-order chi connectivity index (χ1) is 8.70. The lowest BCUT2D eigenvalue weighted by molar-refractivity contribution is 0.100. The van der Waals surface area contributed by atoms with Gasteiger partial charge in [0, 0.05) is 28.9 Å². The molecule has 0 radical (unpaired) electrons. The third kappa shape index (κ3) is 3.17. The molecule has 2 rings (SSSR count). The van der Waals surface area contributed by atoms with Gasteiger partial charge in [0.05, 0.1) is 0 Å². The van der Waals surface area contributed by atoms with E-state index in [2.05, 4.69) is 11.2 Å². The fraction of sp³-hybridized carbons (Fsp3) is 0.462. The molecule has 1 aliphatic rings. The fourth-order valence-electron chi connectivity index (χ4n) is 1.97. The predicted molar refractivity (Wildman–Crippen MR) is 73.4 cm³/mol. The number of nitrogens with zero attached hydrogens (tertiary/aromatic N) is 1. The van der Waals surface area contributed by atoms with Gasteiger partial charge in [0.25, 0.3) is 0 Å². The van der Waals surface area contributed by atoms with Crippen LogP contribution >= 0.6 is 11.8 Å². The molecule has 1 saturated heterocycles. The molecule has 1 aromatic carbocycles. The minimum absolute atomic E-state index is 0.174. The van der Waals surface area contributed by atoms with E-state index in [1.807, 2.05) is 19.1 Å². The van der Waals surface area contributed by atoms with E-state index in [1.165, 1.54) is 0 Å². The Morgan fingerprint density at radius 1 is 1.44 bits per heavy atom. The number of amidine groups is 1. The van der Waals surface area contributed by atoms with Gasteiger partial charge in [-0.25, -0.2) is 0 Å². The number of hydrogen-bond acceptors (Lipinski definition) is 4. The van der Waals surface area contributed by atoms with E-state index in [0.717, 1.165) is 42.1 Å². The molecule has 0 spiro atoms. The number of nitrogens with two attached hydrogens (primary N) is 1. The van der Waals surface area contributed by atoms with Gasteiger partial charge in [0.2, 0.25) is 0 Å². The van der Waals surface area contributed by atoms with E-state index in [4.69, 9.17) is 15.7 Å². The second-order valence-corrected chi connectivity index (χ2v) is 5.76. The van der Waals surface area contributed by atoms with Crippen molar-refractivity contribution < 1.29 is 9.94 Å². The molecule has 4 nitrogen and oxygen atoms in total. The highest BCUT2D eigenvalue weighted by atomic mass is 32.2. The van der Waals surface area contributed by atoms with Crippen molar-refractivity contribution in [2.24, 2.45) is 10.9 Å². The van der Waals surface area contributed by atoms with Gasteiger partial charge in [-0.3, -0.25) is 0 Å². The van der Waals surface area contributed by atoms with Crippen molar-refractivity contribution in [1.82, 2.24) is 0 Å². The normalized spacial score (nSPS) is 17.9. The van der Waals surface area contributed by atoms with Crippen molar-refractivity contribution in [1.29, 1.82) is 0 Å². The predicted octanol–water partition coefficient (Wildman–Crippen LogP) is 2.36. The van der Waals surface area contributed by atoms with Crippen molar-refractivity contribution in [2.75, 3.05) is 13.2 Å². The van der Waals surface area contributed by atoms with Gasteiger partial charge in [-0.2, -0.15) is 0 Å². The SMILES string of the molecule is Cc1ccc(SC2CCOCC2)c(/C(N)=N/O)c1. The maximum absolute atomic E-state index is 8.84. The molecule has 3 N–H and O–H groups in total. The zero-order valence-corrected chi connectivity index (χ0v) is 11.2. The lowest BCUT2D eigenvalue weighted by atomic mass is 10.1. The Hall–Kier alpha value is -1.20. The first-order valence-electron chi connectivity index (χ1n) is 6.03. The Bertz CT molecular complexity index is 443. The summed E-state index contributed by atoms with van der Waals surface area (Å²) in [5.74, 6) is 0.174. The lowest BCUT2D eigenvalue weighted by Crippen LogP contribution is -2.19. The van der Waals surface area contributed by atoms with Gasteiger partial charge in [0.1, 0.15) is 0 Å². The first-order valence-corrected chi connectivity index (χ1v) is 6.91. The number of thioether (sulfide) groups is 1. The Kier molecular flexibility index (Phi) is 4.49. The van der Waals surface area contributed by atoms with Gasteiger partial charge in [0.15, 0.2) is 5.84 Å². The summed E-state index contributed by atoms with van der Waals surface area (Å²) in [5, 5.41) is 12.5. The van der Waals surface area contributed by atoms with Gasteiger partial charge < -0.3 is 15.7 Å². The molecule has 1 aromatic rings. The van der Waals surface area contributed by atoms with Gasteiger partial charge >= 0.3 is 0 Å². The molecule has 1 aliphatic heterocycles. The van der Waals surface area contributed by atoms with Crippen LogP contribution in [0.25, 0.3) is 0 Å². The van der Waals surface area contributed by atoms with Gasteiger partial charge in [-0.1, -0.05) is 16.8 Å². The third-order valence-electron chi connectivity index (χ3n) is 2.98. The highest BCUT2D eigenvalue weighted by molar-refractivity contribution is 8.00. The van der Waals surface area contributed by atoms with Crippen LogP contribution in [0.2, 0.25) is 0 Å². The van der Waals surface area contributed by atoms with Crippen molar-refractivity contribution in [3.8, 4) is 0 Å². The Morgan fingerprint density at radius 2 is 2.17 bits per heavy atom. The third-order valence-corrected chi connectivity index (χ3v) is 4.40. The van der Waals surface area contributed by atoms with Crippen LogP contribution in [0.1, 0.15) is 24.0 Å². The number of rotatable bonds is 3. The number of aryl methyl sites for hydroxylation is 1. The number of benzene rings is 1. The van der Waals surface area contributed by atoms with E-state index < -0.39 is 0 Å². The highest BCUT2D eigenvalue weighted by Crippen LogP contribution is 2.32. The molecule has 0 aliphatic carbocycles. The molecule has 0 saturated carbocycles. The quantitative estimate of drug-likeness (QED) is 0.381. The second-order valence-electron chi connectivity index (χ2n) is 4.41. The van der Waals surface area contributed by atoms with Crippen LogP contribution in [0.4, 0.5) is 0 Å². The largest absolute Gasteiger partial charge is 0.409 e. The molecule has 0 unspecified atom stereocenters. The summed E-state index contributed by atoms with van der Waals surface area (Å²) in [6, 6.07) is 6.05. The van der Waals surface area contributed by atoms with E-state index in [0.29, 0.717) is 5.25 Å². The molecule has 0 aromatic heterocycles. The van der Waals surface area contributed by atoms with Crippen molar-refractivity contribution in [2.45, 2.75) is 29.9 Å². The van der Waals surface area contributed by atoms with Crippen LogP contribution in [0.15, 0.2) is 28.3 Å². The number of oxime groups is 1. The second kappa shape index (κ2) is 6.11. The van der Waals surface area contributed by atoms with E-state index >= 15 is 0 Å². The smallest absolute Gasteiger partial charge is 0.171 e. The maximum atomic E-state index is 8.84. The molecule has 0 bridgehead atoms. The first kappa shape index (κ1) is 13.2. The lowest BCUT2D eigenvalue weighted by Gasteiger charge is -2.22. The van der Waals surface area contributed by atoms with Gasteiger partial charge in [-0.15, -0.1) is 11.8 Å². The minimum Gasteiger partial charge on any atom is -0.409 e. The van der Waals surface area contributed by atoms with E-state index in [9.17, 15) is 0 Å². The Balaban J connectivity index is 2.20. The summed E-state index contributed by atoms with van der Waals surface area (Å²) in [7, 11) is 0. The molecule has 5 heteroatoms. The highest BCUT2D eigenvalue weighted by Gasteiger charge is 2.17. The zero-order chi connectivity index (χ0) is 13.0. The maximum Gasteiger partial charge on any atom is 0.171 e. The van der Waals surface area contributed by atoms with Crippen molar-refractivity contribution >= 4 is 17.6 Å².